The molecule has 0 saturated heterocycles. The fourth-order valence-electron chi connectivity index (χ4n) is 2.64. The van der Waals surface area contributed by atoms with E-state index in [1.807, 2.05) is 0 Å². The van der Waals surface area contributed by atoms with Crippen LogP contribution >= 0.6 is 0 Å². The molecule has 144 valence electrons. The largest absolute Gasteiger partial charge is 0.439 e. The Morgan fingerprint density at radius 3 is 2.59 bits per heavy atom. The summed E-state index contributed by atoms with van der Waals surface area (Å²) < 4.78 is 20.4. The van der Waals surface area contributed by atoms with E-state index in [1.54, 1.807) is 65.8 Å². The van der Waals surface area contributed by atoms with Gasteiger partial charge in [0.1, 0.15) is 30.0 Å². The number of carbonyl (C=O) groups excluding carboxylic acids is 1. The van der Waals surface area contributed by atoms with E-state index in [1.165, 1.54) is 18.5 Å². The van der Waals surface area contributed by atoms with Crippen LogP contribution in [0.1, 0.15) is 5.56 Å². The number of carbonyl (C=O) groups is 1. The van der Waals surface area contributed by atoms with Crippen LogP contribution in [0.5, 0.6) is 11.6 Å². The molecule has 7 nitrogen and oxygen atoms in total. The molecule has 2 heterocycles. The third-order valence-corrected chi connectivity index (χ3v) is 4.03. The van der Waals surface area contributed by atoms with Gasteiger partial charge in [-0.15, -0.1) is 0 Å². The van der Waals surface area contributed by atoms with E-state index in [4.69, 9.17) is 4.74 Å². The molecule has 0 unspecified atom stereocenters. The zero-order valence-corrected chi connectivity index (χ0v) is 15.2. The highest BCUT2D eigenvalue weighted by Gasteiger charge is 2.06. The van der Waals surface area contributed by atoms with Crippen molar-refractivity contribution in [3.63, 3.8) is 0 Å². The van der Waals surface area contributed by atoms with Gasteiger partial charge in [0.25, 0.3) is 0 Å². The van der Waals surface area contributed by atoms with E-state index in [0.717, 1.165) is 5.56 Å². The fourth-order valence-corrected chi connectivity index (χ4v) is 2.64. The van der Waals surface area contributed by atoms with E-state index >= 15 is 0 Å². The average Bonchev–Trinajstić information content (AvgIpc) is 3.26. The lowest BCUT2D eigenvalue weighted by Crippen LogP contribution is -2.14. The van der Waals surface area contributed by atoms with Gasteiger partial charge in [0.2, 0.25) is 11.8 Å². The number of hydrogen-bond donors (Lipinski definition) is 1. The summed E-state index contributed by atoms with van der Waals surface area (Å²) in [5.41, 5.74) is 1.37. The summed E-state index contributed by atoms with van der Waals surface area (Å²) in [5.74, 6) is 1.07. The Kier molecular flexibility index (Phi) is 5.24. The second-order valence-corrected chi connectivity index (χ2v) is 6.16. The summed E-state index contributed by atoms with van der Waals surface area (Å²) in [7, 11) is 0. The molecular formula is C21H16FN5O2. The highest BCUT2D eigenvalue weighted by molar-refractivity contribution is 5.92. The van der Waals surface area contributed by atoms with E-state index in [9.17, 15) is 9.18 Å². The molecule has 0 spiro atoms. The summed E-state index contributed by atoms with van der Waals surface area (Å²) in [6.07, 6.45) is 6.64. The van der Waals surface area contributed by atoms with Gasteiger partial charge in [-0.05, 0) is 42.0 Å². The van der Waals surface area contributed by atoms with Gasteiger partial charge in [-0.3, -0.25) is 9.36 Å². The molecule has 1 amide bonds. The standard InChI is InChI=1S/C21H16FN5O2/c22-16-3-1-15(2-4-16)11-20(28)26-17-5-7-18(8-6-17)29-21-12-19(24-13-25-21)27-10-9-23-14-27/h1-10,12-14H,11H2,(H,26,28). The van der Waals surface area contributed by atoms with Crippen molar-refractivity contribution in [2.24, 2.45) is 0 Å². The maximum Gasteiger partial charge on any atom is 0.228 e. The van der Waals surface area contributed by atoms with Crippen molar-refractivity contribution in [1.82, 2.24) is 19.5 Å². The predicted molar refractivity (Wildman–Crippen MR) is 104 cm³/mol. The molecule has 1 N–H and O–H groups in total. The second kappa shape index (κ2) is 8.30. The van der Waals surface area contributed by atoms with Crippen LogP contribution in [0.2, 0.25) is 0 Å². The molecular weight excluding hydrogens is 373 g/mol. The predicted octanol–water partition coefficient (Wildman–Crippen LogP) is 3.77. The Hall–Kier alpha value is -4.07. The molecule has 29 heavy (non-hydrogen) atoms. The molecule has 0 bridgehead atoms. The first-order chi connectivity index (χ1) is 14.2. The molecule has 0 aliphatic carbocycles. The zero-order chi connectivity index (χ0) is 20.1. The molecule has 0 saturated carbocycles. The van der Waals surface area contributed by atoms with Crippen LogP contribution in [-0.4, -0.2) is 25.4 Å². The van der Waals surface area contributed by atoms with Crippen molar-refractivity contribution >= 4 is 11.6 Å². The first-order valence-electron chi connectivity index (χ1n) is 8.78. The van der Waals surface area contributed by atoms with Crippen LogP contribution in [0.15, 0.2) is 79.6 Å². The van der Waals surface area contributed by atoms with Crippen LogP contribution in [0.3, 0.4) is 0 Å². The monoisotopic (exact) mass is 389 g/mol. The second-order valence-electron chi connectivity index (χ2n) is 6.16. The maximum absolute atomic E-state index is 12.9. The van der Waals surface area contributed by atoms with Crippen LogP contribution in [0, 0.1) is 5.82 Å². The van der Waals surface area contributed by atoms with Gasteiger partial charge < -0.3 is 10.1 Å². The fraction of sp³-hybridized carbons (Fsp3) is 0.0476. The van der Waals surface area contributed by atoms with Crippen molar-refractivity contribution in [1.29, 1.82) is 0 Å². The number of anilines is 1. The third kappa shape index (κ3) is 4.81. The van der Waals surface area contributed by atoms with Gasteiger partial charge in [0.15, 0.2) is 0 Å². The number of nitrogens with one attached hydrogen (secondary N) is 1. The molecule has 4 aromatic rings. The number of amides is 1. The first-order valence-corrected chi connectivity index (χ1v) is 8.78. The molecule has 2 aromatic heterocycles. The Morgan fingerprint density at radius 1 is 1.07 bits per heavy atom. The number of imidazole rings is 1. The molecule has 0 fully saturated rings. The Morgan fingerprint density at radius 2 is 1.86 bits per heavy atom. The number of aromatic nitrogens is 4. The highest BCUT2D eigenvalue weighted by Crippen LogP contribution is 2.22. The first kappa shape index (κ1) is 18.3. The molecule has 4 rings (SSSR count). The summed E-state index contributed by atoms with van der Waals surface area (Å²) in [4.78, 5) is 24.4. The van der Waals surface area contributed by atoms with Crippen molar-refractivity contribution in [3.8, 4) is 17.4 Å². The molecule has 0 aliphatic rings. The Labute approximate surface area is 165 Å². The van der Waals surface area contributed by atoms with Gasteiger partial charge in [-0.1, -0.05) is 12.1 Å². The van der Waals surface area contributed by atoms with Crippen LogP contribution in [0.4, 0.5) is 10.1 Å². The quantitative estimate of drug-likeness (QED) is 0.543. The summed E-state index contributed by atoms with van der Waals surface area (Å²) in [5, 5.41) is 2.80. The lowest BCUT2D eigenvalue weighted by Gasteiger charge is -2.08. The van der Waals surface area contributed by atoms with Gasteiger partial charge in [0, 0.05) is 24.1 Å². The number of rotatable bonds is 6. The van der Waals surface area contributed by atoms with Crippen molar-refractivity contribution in [2.75, 3.05) is 5.32 Å². The SMILES string of the molecule is O=C(Cc1ccc(F)cc1)Nc1ccc(Oc2cc(-n3ccnc3)ncn2)cc1. The van der Waals surface area contributed by atoms with E-state index < -0.39 is 0 Å². The minimum absolute atomic E-state index is 0.163. The topological polar surface area (TPSA) is 81.9 Å². The smallest absolute Gasteiger partial charge is 0.228 e. The molecule has 0 atom stereocenters. The number of ether oxygens (including phenoxy) is 1. The molecule has 0 aliphatic heterocycles. The van der Waals surface area contributed by atoms with Crippen molar-refractivity contribution in [2.45, 2.75) is 6.42 Å². The number of nitrogens with zero attached hydrogens (tertiary/aromatic N) is 4. The number of benzene rings is 2. The van der Waals surface area contributed by atoms with E-state index in [0.29, 0.717) is 23.1 Å². The van der Waals surface area contributed by atoms with Gasteiger partial charge in [-0.25, -0.2) is 19.3 Å². The van der Waals surface area contributed by atoms with Gasteiger partial charge >= 0.3 is 0 Å². The minimum Gasteiger partial charge on any atom is -0.439 e. The minimum atomic E-state index is -0.328. The maximum atomic E-state index is 12.9. The highest BCUT2D eigenvalue weighted by atomic mass is 19.1. The van der Waals surface area contributed by atoms with E-state index in [2.05, 4.69) is 20.3 Å². The summed E-state index contributed by atoms with van der Waals surface area (Å²) in [6, 6.07) is 14.5. The summed E-state index contributed by atoms with van der Waals surface area (Å²) >= 11 is 0. The van der Waals surface area contributed by atoms with Crippen molar-refractivity contribution in [3.05, 3.63) is 91.0 Å². The van der Waals surface area contributed by atoms with Gasteiger partial charge in [-0.2, -0.15) is 0 Å². The Bertz CT molecular complexity index is 1100. The molecule has 8 heteroatoms. The number of halogens is 1. The lowest BCUT2D eigenvalue weighted by atomic mass is 10.1. The van der Waals surface area contributed by atoms with Gasteiger partial charge in [0.05, 0.1) is 6.42 Å². The van der Waals surface area contributed by atoms with Crippen LogP contribution in [-0.2, 0) is 11.2 Å². The van der Waals surface area contributed by atoms with Crippen LogP contribution in [0.25, 0.3) is 5.82 Å². The number of hydrogen-bond acceptors (Lipinski definition) is 5. The van der Waals surface area contributed by atoms with E-state index in [-0.39, 0.29) is 18.1 Å². The zero-order valence-electron chi connectivity index (χ0n) is 15.2. The third-order valence-electron chi connectivity index (χ3n) is 4.03. The normalized spacial score (nSPS) is 10.5. The van der Waals surface area contributed by atoms with Crippen molar-refractivity contribution < 1.29 is 13.9 Å². The molecule has 0 radical (unpaired) electrons. The van der Waals surface area contributed by atoms with Crippen LogP contribution < -0.4 is 10.1 Å². The molecule has 2 aromatic carbocycles. The Balaban J connectivity index is 1.37. The average molecular weight is 389 g/mol. The lowest BCUT2D eigenvalue weighted by molar-refractivity contribution is -0.115. The summed E-state index contributed by atoms with van der Waals surface area (Å²) in [6.45, 7) is 0.